The number of benzene rings is 2. The molecule has 0 radical (unpaired) electrons. The number of unbranched alkanes of at least 4 members (excludes halogenated alkanes) is 3. The van der Waals surface area contributed by atoms with Crippen LogP contribution >= 0.6 is 11.6 Å². The Bertz CT molecular complexity index is 646. The van der Waals surface area contributed by atoms with Gasteiger partial charge in [0.1, 0.15) is 6.61 Å². The molecule has 26 heavy (non-hydrogen) atoms. The number of ether oxygens (including phenoxy) is 2. The lowest BCUT2D eigenvalue weighted by Crippen LogP contribution is -2.15. The van der Waals surface area contributed by atoms with Crippen molar-refractivity contribution in [1.29, 1.82) is 0 Å². The van der Waals surface area contributed by atoms with Crippen molar-refractivity contribution in [2.24, 2.45) is 0 Å². The molecule has 2 aromatic carbocycles. The van der Waals surface area contributed by atoms with Gasteiger partial charge in [-0.15, -0.1) is 0 Å². The van der Waals surface area contributed by atoms with Gasteiger partial charge in [-0.25, -0.2) is 0 Å². The Morgan fingerprint density at radius 2 is 1.69 bits per heavy atom. The van der Waals surface area contributed by atoms with Crippen LogP contribution in [0.3, 0.4) is 0 Å². The predicted octanol–water partition coefficient (Wildman–Crippen LogP) is 5.99. The topological polar surface area (TPSA) is 30.5 Å². The molecule has 0 atom stereocenters. The van der Waals surface area contributed by atoms with Crippen LogP contribution in [0.5, 0.6) is 11.5 Å². The molecule has 0 heterocycles. The SMILES string of the molecule is CCCCCCNCc1cc(OCC)c(OCc2ccccc2)cc1Cl. The van der Waals surface area contributed by atoms with Gasteiger partial charge in [0, 0.05) is 17.6 Å². The third-order valence-electron chi connectivity index (χ3n) is 4.17. The van der Waals surface area contributed by atoms with E-state index in [1.54, 1.807) is 0 Å². The Hall–Kier alpha value is -1.71. The van der Waals surface area contributed by atoms with E-state index in [2.05, 4.69) is 12.2 Å². The molecule has 3 nitrogen and oxygen atoms in total. The Morgan fingerprint density at radius 1 is 0.923 bits per heavy atom. The summed E-state index contributed by atoms with van der Waals surface area (Å²) in [5.41, 5.74) is 2.15. The summed E-state index contributed by atoms with van der Waals surface area (Å²) < 4.78 is 11.7. The summed E-state index contributed by atoms with van der Waals surface area (Å²) in [7, 11) is 0. The number of halogens is 1. The smallest absolute Gasteiger partial charge is 0.163 e. The van der Waals surface area contributed by atoms with E-state index in [-0.39, 0.29) is 0 Å². The van der Waals surface area contributed by atoms with Gasteiger partial charge >= 0.3 is 0 Å². The second-order valence-corrected chi connectivity index (χ2v) is 6.74. The minimum Gasteiger partial charge on any atom is -0.490 e. The molecule has 0 aliphatic carbocycles. The second kappa shape index (κ2) is 11.8. The minimum absolute atomic E-state index is 0.492. The zero-order valence-electron chi connectivity index (χ0n) is 15.9. The Kier molecular flexibility index (Phi) is 9.36. The van der Waals surface area contributed by atoms with Crippen LogP contribution in [-0.4, -0.2) is 13.2 Å². The van der Waals surface area contributed by atoms with E-state index in [4.69, 9.17) is 21.1 Å². The zero-order valence-corrected chi connectivity index (χ0v) is 16.6. The third-order valence-corrected chi connectivity index (χ3v) is 4.52. The summed E-state index contributed by atoms with van der Waals surface area (Å²) in [4.78, 5) is 0. The van der Waals surface area contributed by atoms with Crippen LogP contribution in [0, 0.1) is 0 Å². The molecule has 0 unspecified atom stereocenters. The lowest BCUT2D eigenvalue weighted by atomic mass is 10.1. The fourth-order valence-corrected chi connectivity index (χ4v) is 2.95. The molecule has 0 spiro atoms. The average molecular weight is 376 g/mol. The van der Waals surface area contributed by atoms with Crippen molar-refractivity contribution in [3.05, 3.63) is 58.6 Å². The lowest BCUT2D eigenvalue weighted by Gasteiger charge is -2.15. The fourth-order valence-electron chi connectivity index (χ4n) is 2.73. The average Bonchev–Trinajstić information content (AvgIpc) is 2.66. The summed E-state index contributed by atoms with van der Waals surface area (Å²) in [6, 6.07) is 13.9. The van der Waals surface area contributed by atoms with Crippen molar-refractivity contribution in [1.82, 2.24) is 5.32 Å². The van der Waals surface area contributed by atoms with Crippen LogP contribution in [0.25, 0.3) is 0 Å². The highest BCUT2D eigenvalue weighted by Crippen LogP contribution is 2.34. The predicted molar refractivity (Wildman–Crippen MR) is 109 cm³/mol. The van der Waals surface area contributed by atoms with Gasteiger partial charge in [0.2, 0.25) is 0 Å². The molecule has 0 aliphatic rings. The maximum atomic E-state index is 6.47. The first-order chi connectivity index (χ1) is 12.7. The van der Waals surface area contributed by atoms with E-state index in [1.807, 2.05) is 49.4 Å². The van der Waals surface area contributed by atoms with Gasteiger partial charge < -0.3 is 14.8 Å². The van der Waals surface area contributed by atoms with Crippen LogP contribution in [-0.2, 0) is 13.2 Å². The van der Waals surface area contributed by atoms with Crippen LogP contribution < -0.4 is 14.8 Å². The highest BCUT2D eigenvalue weighted by molar-refractivity contribution is 6.31. The summed E-state index contributed by atoms with van der Waals surface area (Å²) in [5.74, 6) is 1.43. The van der Waals surface area contributed by atoms with Gasteiger partial charge in [0.05, 0.1) is 6.61 Å². The third kappa shape index (κ3) is 6.89. The molecular formula is C22H30ClNO2. The van der Waals surface area contributed by atoms with E-state index in [9.17, 15) is 0 Å². The van der Waals surface area contributed by atoms with Gasteiger partial charge in [-0.05, 0) is 37.1 Å². The van der Waals surface area contributed by atoms with Crippen molar-refractivity contribution >= 4 is 11.6 Å². The standard InChI is InChI=1S/C22H30ClNO2/c1-3-5-6-10-13-24-16-19-14-21(25-4-2)22(15-20(19)23)26-17-18-11-8-7-9-12-18/h7-9,11-12,14-15,24H,3-6,10,13,16-17H2,1-2H3. The van der Waals surface area contributed by atoms with Gasteiger partial charge in [-0.1, -0.05) is 68.1 Å². The summed E-state index contributed by atoms with van der Waals surface area (Å²) in [5, 5.41) is 4.17. The van der Waals surface area contributed by atoms with E-state index in [0.717, 1.165) is 30.0 Å². The van der Waals surface area contributed by atoms with Crippen molar-refractivity contribution in [2.75, 3.05) is 13.2 Å². The highest BCUT2D eigenvalue weighted by Gasteiger charge is 2.11. The van der Waals surface area contributed by atoms with Crippen molar-refractivity contribution in [3.8, 4) is 11.5 Å². The fraction of sp³-hybridized carbons (Fsp3) is 0.455. The minimum atomic E-state index is 0.492. The maximum Gasteiger partial charge on any atom is 0.163 e. The molecule has 0 saturated heterocycles. The Morgan fingerprint density at radius 3 is 2.42 bits per heavy atom. The van der Waals surface area contributed by atoms with E-state index < -0.39 is 0 Å². The molecular weight excluding hydrogens is 346 g/mol. The zero-order chi connectivity index (χ0) is 18.6. The molecule has 0 aliphatic heterocycles. The van der Waals surface area contributed by atoms with Crippen LogP contribution in [0.15, 0.2) is 42.5 Å². The maximum absolute atomic E-state index is 6.47. The molecule has 0 bridgehead atoms. The lowest BCUT2D eigenvalue weighted by molar-refractivity contribution is 0.269. The van der Waals surface area contributed by atoms with Crippen LogP contribution in [0.1, 0.15) is 50.7 Å². The van der Waals surface area contributed by atoms with Gasteiger partial charge in [-0.3, -0.25) is 0 Å². The normalized spacial score (nSPS) is 10.7. The van der Waals surface area contributed by atoms with Gasteiger partial charge in [0.15, 0.2) is 11.5 Å². The first-order valence-corrected chi connectivity index (χ1v) is 9.95. The molecule has 2 rings (SSSR count). The number of hydrogen-bond acceptors (Lipinski definition) is 3. The highest BCUT2D eigenvalue weighted by atomic mass is 35.5. The number of nitrogens with one attached hydrogen (secondary N) is 1. The molecule has 2 aromatic rings. The van der Waals surface area contributed by atoms with Gasteiger partial charge in [0.25, 0.3) is 0 Å². The molecule has 1 N–H and O–H groups in total. The summed E-state index contributed by atoms with van der Waals surface area (Å²) >= 11 is 6.47. The van der Waals surface area contributed by atoms with Crippen LogP contribution in [0.2, 0.25) is 5.02 Å². The number of rotatable bonds is 12. The molecule has 0 aromatic heterocycles. The quantitative estimate of drug-likeness (QED) is 0.462. The van der Waals surface area contributed by atoms with Gasteiger partial charge in [-0.2, -0.15) is 0 Å². The van der Waals surface area contributed by atoms with Crippen molar-refractivity contribution in [2.45, 2.75) is 52.7 Å². The van der Waals surface area contributed by atoms with Crippen molar-refractivity contribution in [3.63, 3.8) is 0 Å². The first kappa shape index (κ1) is 20.6. The Labute approximate surface area is 162 Å². The summed E-state index contributed by atoms with van der Waals surface area (Å²) in [6.45, 7) is 7.03. The second-order valence-electron chi connectivity index (χ2n) is 6.34. The summed E-state index contributed by atoms with van der Waals surface area (Å²) in [6.07, 6.45) is 5.02. The molecule has 4 heteroatoms. The largest absolute Gasteiger partial charge is 0.490 e. The van der Waals surface area contributed by atoms with E-state index >= 15 is 0 Å². The molecule has 0 amide bonds. The van der Waals surface area contributed by atoms with Crippen LogP contribution in [0.4, 0.5) is 0 Å². The number of hydrogen-bond donors (Lipinski definition) is 1. The molecule has 142 valence electrons. The van der Waals surface area contributed by atoms with Crippen molar-refractivity contribution < 1.29 is 9.47 Å². The first-order valence-electron chi connectivity index (χ1n) is 9.57. The van der Waals surface area contributed by atoms with E-state index in [0.29, 0.717) is 24.0 Å². The molecule has 0 fully saturated rings. The Balaban J connectivity index is 1.97. The monoisotopic (exact) mass is 375 g/mol. The van der Waals surface area contributed by atoms with E-state index in [1.165, 1.54) is 25.7 Å². The molecule has 0 saturated carbocycles.